The second kappa shape index (κ2) is 11.0. The second-order valence-electron chi connectivity index (χ2n) is 7.86. The molecule has 1 amide bonds. The van der Waals surface area contributed by atoms with E-state index in [1.807, 2.05) is 5.43 Å². The minimum atomic E-state index is -4.93. The van der Waals surface area contributed by atoms with E-state index in [4.69, 9.17) is 11.6 Å². The Bertz CT molecular complexity index is 1460. The zero-order valence-corrected chi connectivity index (χ0v) is 20.9. The number of aryl methyl sites for hydroxylation is 1. The van der Waals surface area contributed by atoms with Crippen LogP contribution >= 0.6 is 11.6 Å². The summed E-state index contributed by atoms with van der Waals surface area (Å²) in [6.07, 6.45) is -8.91. The summed E-state index contributed by atoms with van der Waals surface area (Å²) in [7, 11) is -4.58. The fourth-order valence-electron chi connectivity index (χ4n) is 3.25. The highest BCUT2D eigenvalue weighted by Gasteiger charge is 2.36. The minimum Gasteiger partial charge on any atom is -0.271 e. The van der Waals surface area contributed by atoms with E-state index >= 15 is 0 Å². The molecule has 0 radical (unpaired) electrons. The molecule has 3 aromatic rings. The lowest BCUT2D eigenvalue weighted by Crippen LogP contribution is -2.39. The molecule has 0 atom stereocenters. The summed E-state index contributed by atoms with van der Waals surface area (Å²) in [6.45, 7) is 0.638. The molecule has 14 heteroatoms. The predicted octanol–water partition coefficient (Wildman–Crippen LogP) is 6.03. The van der Waals surface area contributed by atoms with Gasteiger partial charge in [-0.2, -0.15) is 31.4 Å². The predicted molar refractivity (Wildman–Crippen MR) is 129 cm³/mol. The van der Waals surface area contributed by atoms with Crippen LogP contribution in [0.25, 0.3) is 0 Å². The zero-order chi connectivity index (χ0) is 28.3. The number of hydrogen-bond donors (Lipinski definition) is 1. The Hall–Kier alpha value is -3.58. The lowest BCUT2D eigenvalue weighted by Gasteiger charge is -2.25. The molecular weight excluding hydrogens is 560 g/mol. The molecule has 3 rings (SSSR count). The third-order valence-corrected chi connectivity index (χ3v) is 7.22. The number of rotatable bonds is 7. The molecule has 0 unspecified atom stereocenters. The first-order chi connectivity index (χ1) is 17.6. The third-order valence-electron chi connectivity index (χ3n) is 5.10. The largest absolute Gasteiger partial charge is 0.417 e. The summed E-state index contributed by atoms with van der Waals surface area (Å²) in [5.41, 5.74) is -0.649. The first kappa shape index (κ1) is 29.0. The lowest BCUT2D eigenvalue weighted by molar-refractivity contribution is -0.138. The van der Waals surface area contributed by atoms with E-state index in [2.05, 4.69) is 5.10 Å². The second-order valence-corrected chi connectivity index (χ2v) is 10.1. The van der Waals surface area contributed by atoms with E-state index in [1.165, 1.54) is 30.3 Å². The first-order valence-electron chi connectivity index (χ1n) is 10.5. The van der Waals surface area contributed by atoms with Gasteiger partial charge in [-0.05, 0) is 43.3 Å². The van der Waals surface area contributed by atoms with Crippen molar-refractivity contribution < 1.29 is 39.6 Å². The maximum Gasteiger partial charge on any atom is 0.417 e. The molecule has 0 saturated heterocycles. The normalized spacial score (nSPS) is 12.5. The lowest BCUT2D eigenvalue weighted by atomic mass is 10.1. The highest BCUT2D eigenvalue weighted by molar-refractivity contribution is 7.92. The van der Waals surface area contributed by atoms with Crippen molar-refractivity contribution in [2.24, 2.45) is 5.10 Å². The Kier molecular flexibility index (Phi) is 8.42. The van der Waals surface area contributed by atoms with Gasteiger partial charge in [-0.1, -0.05) is 47.5 Å². The van der Waals surface area contributed by atoms with Gasteiger partial charge < -0.3 is 0 Å². The maximum absolute atomic E-state index is 13.4. The van der Waals surface area contributed by atoms with Crippen molar-refractivity contribution in [3.8, 4) is 0 Å². The summed E-state index contributed by atoms with van der Waals surface area (Å²) in [6, 6.07) is 12.0. The Balaban J connectivity index is 1.96. The van der Waals surface area contributed by atoms with Crippen molar-refractivity contribution in [3.05, 3.63) is 94.0 Å². The van der Waals surface area contributed by atoms with Crippen LogP contribution in [0, 0.1) is 6.92 Å². The standard InChI is InChI=1S/C24H18ClF6N3O3S/c1-15-6-9-18(10-7-15)38(36,37)34(17-8-11-21(25)20(12-17)24(29,30)31)14-22(35)33-32-13-16-4-2-3-5-19(16)23(26,27)28/h2-13H,14H2,1H3,(H,33,35)/b32-13-. The Morgan fingerprint density at radius 2 is 1.55 bits per heavy atom. The van der Waals surface area contributed by atoms with E-state index < -0.39 is 56.7 Å². The van der Waals surface area contributed by atoms with Crippen molar-refractivity contribution in [1.29, 1.82) is 0 Å². The zero-order valence-electron chi connectivity index (χ0n) is 19.3. The number of hydrazone groups is 1. The summed E-state index contributed by atoms with van der Waals surface area (Å²) >= 11 is 5.65. The molecule has 6 nitrogen and oxygen atoms in total. The van der Waals surface area contributed by atoms with Gasteiger partial charge in [-0.3, -0.25) is 9.10 Å². The number of carbonyl (C=O) groups excluding carboxylic acids is 1. The van der Waals surface area contributed by atoms with Crippen LogP contribution in [0.3, 0.4) is 0 Å². The molecule has 0 aliphatic rings. The highest BCUT2D eigenvalue weighted by atomic mass is 35.5. The van der Waals surface area contributed by atoms with Crippen molar-refractivity contribution in [1.82, 2.24) is 5.43 Å². The van der Waals surface area contributed by atoms with Crippen molar-refractivity contribution >= 4 is 39.4 Å². The highest BCUT2D eigenvalue weighted by Crippen LogP contribution is 2.38. The van der Waals surface area contributed by atoms with Gasteiger partial charge in [0, 0.05) is 5.56 Å². The summed E-state index contributed by atoms with van der Waals surface area (Å²) in [4.78, 5) is 12.3. The van der Waals surface area contributed by atoms with Crippen molar-refractivity contribution in [2.75, 3.05) is 10.8 Å². The van der Waals surface area contributed by atoms with Gasteiger partial charge in [0.15, 0.2) is 0 Å². The van der Waals surface area contributed by atoms with Crippen molar-refractivity contribution in [2.45, 2.75) is 24.2 Å². The fraction of sp³-hybridized carbons (Fsp3) is 0.167. The first-order valence-corrected chi connectivity index (χ1v) is 12.4. The Morgan fingerprint density at radius 1 is 0.947 bits per heavy atom. The number of carbonyl (C=O) groups is 1. The smallest absolute Gasteiger partial charge is 0.271 e. The number of nitrogens with zero attached hydrogens (tertiary/aromatic N) is 2. The molecule has 0 saturated carbocycles. The summed E-state index contributed by atoms with van der Waals surface area (Å²) in [5.74, 6) is -1.13. The SMILES string of the molecule is Cc1ccc(S(=O)(=O)N(CC(=O)N/N=C\c2ccccc2C(F)(F)F)c2ccc(Cl)c(C(F)(F)F)c2)cc1. The number of anilines is 1. The fourth-order valence-corrected chi connectivity index (χ4v) is 4.88. The molecule has 0 spiro atoms. The van der Waals surface area contributed by atoms with Crippen LogP contribution in [-0.2, 0) is 27.2 Å². The quantitative estimate of drug-likeness (QED) is 0.212. The number of halogens is 7. The number of alkyl halides is 6. The van der Waals surface area contributed by atoms with E-state index in [0.29, 0.717) is 22.1 Å². The van der Waals surface area contributed by atoms with Gasteiger partial charge in [-0.25, -0.2) is 13.8 Å². The topological polar surface area (TPSA) is 78.8 Å². The molecule has 3 aromatic carbocycles. The van der Waals surface area contributed by atoms with Gasteiger partial charge in [0.2, 0.25) is 0 Å². The third kappa shape index (κ3) is 6.84. The minimum absolute atomic E-state index is 0.318. The van der Waals surface area contributed by atoms with Crippen LogP contribution in [0.2, 0.25) is 5.02 Å². The van der Waals surface area contributed by atoms with E-state index in [-0.39, 0.29) is 10.5 Å². The van der Waals surface area contributed by atoms with Crippen LogP contribution in [0.15, 0.2) is 76.7 Å². The van der Waals surface area contributed by atoms with Crippen molar-refractivity contribution in [3.63, 3.8) is 0 Å². The van der Waals surface area contributed by atoms with Gasteiger partial charge in [0.1, 0.15) is 6.54 Å². The van der Waals surface area contributed by atoms with E-state index in [0.717, 1.165) is 30.3 Å². The molecular formula is C24H18ClF6N3O3S. The molecule has 0 aliphatic carbocycles. The maximum atomic E-state index is 13.4. The van der Waals surface area contributed by atoms with Gasteiger partial charge in [0.25, 0.3) is 15.9 Å². The Morgan fingerprint density at radius 3 is 2.16 bits per heavy atom. The molecule has 202 valence electrons. The number of nitrogens with one attached hydrogen (secondary N) is 1. The monoisotopic (exact) mass is 577 g/mol. The number of sulfonamides is 1. The number of benzene rings is 3. The molecule has 38 heavy (non-hydrogen) atoms. The Labute approximate surface area is 218 Å². The van der Waals surface area contributed by atoms with Gasteiger partial charge >= 0.3 is 12.4 Å². The average molecular weight is 578 g/mol. The van der Waals surface area contributed by atoms with Gasteiger partial charge in [0.05, 0.1) is 32.9 Å². The van der Waals surface area contributed by atoms with Crippen LogP contribution in [0.4, 0.5) is 32.0 Å². The molecule has 1 N–H and O–H groups in total. The van der Waals surface area contributed by atoms with Crippen LogP contribution in [0.5, 0.6) is 0 Å². The van der Waals surface area contributed by atoms with Crippen LogP contribution in [-0.4, -0.2) is 27.1 Å². The molecule has 0 fully saturated rings. The molecule has 0 aromatic heterocycles. The van der Waals surface area contributed by atoms with E-state index in [9.17, 15) is 39.6 Å². The molecule has 0 aliphatic heterocycles. The van der Waals surface area contributed by atoms with Crippen LogP contribution < -0.4 is 9.73 Å². The summed E-state index contributed by atoms with van der Waals surface area (Å²) < 4.78 is 107. The van der Waals surface area contributed by atoms with Gasteiger partial charge in [-0.15, -0.1) is 0 Å². The van der Waals surface area contributed by atoms with E-state index in [1.54, 1.807) is 6.92 Å². The van der Waals surface area contributed by atoms with Crippen LogP contribution in [0.1, 0.15) is 22.3 Å². The average Bonchev–Trinajstić information content (AvgIpc) is 2.82. The molecule has 0 heterocycles. The number of hydrogen-bond acceptors (Lipinski definition) is 4. The molecule has 0 bridgehead atoms. The summed E-state index contributed by atoms with van der Waals surface area (Å²) in [5, 5.41) is 2.76. The number of amides is 1.